The second-order valence-electron chi connectivity index (χ2n) is 3.67. The van der Waals surface area contributed by atoms with Gasteiger partial charge in [0.15, 0.2) is 0 Å². The summed E-state index contributed by atoms with van der Waals surface area (Å²) < 4.78 is 18.4. The van der Waals surface area contributed by atoms with Crippen molar-refractivity contribution in [3.05, 3.63) is 34.4 Å². The fourth-order valence-corrected chi connectivity index (χ4v) is 1.96. The normalized spacial score (nSPS) is 12.7. The van der Waals surface area contributed by atoms with Gasteiger partial charge in [0, 0.05) is 10.0 Å². The highest BCUT2D eigenvalue weighted by atomic mass is 79.9. The summed E-state index contributed by atoms with van der Waals surface area (Å²) >= 11 is 3.22. The molecule has 1 aromatic heterocycles. The first-order chi connectivity index (χ1) is 8.61. The van der Waals surface area contributed by atoms with Crippen LogP contribution in [0.15, 0.2) is 27.2 Å². The van der Waals surface area contributed by atoms with Crippen molar-refractivity contribution in [3.63, 3.8) is 0 Å². The molecule has 0 bridgehead atoms. The van der Waals surface area contributed by atoms with Crippen molar-refractivity contribution >= 4 is 15.9 Å². The SMILES string of the molecule is NCCC(O)c1nc(-c2ccc(F)cc2Br)no1. The zero-order valence-corrected chi connectivity index (χ0v) is 10.9. The first-order valence-corrected chi connectivity index (χ1v) is 6.08. The van der Waals surface area contributed by atoms with E-state index in [1.54, 1.807) is 0 Å². The fraction of sp³-hybridized carbons (Fsp3) is 0.273. The molecule has 7 heteroatoms. The molecular formula is C11H11BrFN3O2. The highest BCUT2D eigenvalue weighted by Gasteiger charge is 2.17. The minimum absolute atomic E-state index is 0.103. The Bertz CT molecular complexity index is 547. The van der Waals surface area contributed by atoms with Crippen molar-refractivity contribution < 1.29 is 14.0 Å². The number of nitrogens with two attached hydrogens (primary N) is 1. The number of hydrogen-bond acceptors (Lipinski definition) is 5. The molecule has 3 N–H and O–H groups in total. The zero-order valence-electron chi connectivity index (χ0n) is 9.31. The summed E-state index contributed by atoms with van der Waals surface area (Å²) in [4.78, 5) is 4.05. The minimum Gasteiger partial charge on any atom is -0.383 e. The molecule has 1 unspecified atom stereocenters. The molecule has 1 heterocycles. The molecule has 0 aliphatic carbocycles. The lowest BCUT2D eigenvalue weighted by atomic mass is 10.2. The molecule has 2 rings (SSSR count). The Labute approximate surface area is 111 Å². The summed E-state index contributed by atoms with van der Waals surface area (Å²) in [5.74, 6) is 0.0251. The maximum absolute atomic E-state index is 12.9. The number of aliphatic hydroxyl groups excluding tert-OH is 1. The topological polar surface area (TPSA) is 85.2 Å². The number of hydrogen-bond donors (Lipinski definition) is 2. The van der Waals surface area contributed by atoms with Crippen molar-refractivity contribution in [1.29, 1.82) is 0 Å². The zero-order chi connectivity index (χ0) is 13.1. The Hall–Kier alpha value is -1.31. The van der Waals surface area contributed by atoms with E-state index in [-0.39, 0.29) is 17.5 Å². The van der Waals surface area contributed by atoms with E-state index in [1.165, 1.54) is 18.2 Å². The predicted molar refractivity (Wildman–Crippen MR) is 66.0 cm³/mol. The van der Waals surface area contributed by atoms with Gasteiger partial charge in [0.25, 0.3) is 5.89 Å². The van der Waals surface area contributed by atoms with Crippen LogP contribution >= 0.6 is 15.9 Å². The van der Waals surface area contributed by atoms with E-state index < -0.39 is 6.10 Å². The van der Waals surface area contributed by atoms with Gasteiger partial charge in [0.05, 0.1) is 0 Å². The van der Waals surface area contributed by atoms with E-state index in [9.17, 15) is 9.50 Å². The molecule has 0 aliphatic rings. The van der Waals surface area contributed by atoms with Crippen LogP contribution in [0.4, 0.5) is 4.39 Å². The van der Waals surface area contributed by atoms with Gasteiger partial charge in [0.1, 0.15) is 11.9 Å². The molecule has 0 amide bonds. The molecule has 0 saturated heterocycles. The summed E-state index contributed by atoms with van der Waals surface area (Å²) in [7, 11) is 0. The van der Waals surface area contributed by atoms with E-state index in [0.717, 1.165) is 0 Å². The monoisotopic (exact) mass is 315 g/mol. The lowest BCUT2D eigenvalue weighted by Gasteiger charge is -2.01. The van der Waals surface area contributed by atoms with E-state index in [4.69, 9.17) is 10.3 Å². The summed E-state index contributed by atoms with van der Waals surface area (Å²) in [5.41, 5.74) is 5.92. The van der Waals surface area contributed by atoms with Crippen LogP contribution in [-0.2, 0) is 0 Å². The molecule has 0 radical (unpaired) electrons. The Morgan fingerprint density at radius 1 is 1.50 bits per heavy atom. The van der Waals surface area contributed by atoms with E-state index in [1.807, 2.05) is 0 Å². The van der Waals surface area contributed by atoms with Crippen LogP contribution < -0.4 is 5.73 Å². The minimum atomic E-state index is -0.879. The van der Waals surface area contributed by atoms with Gasteiger partial charge in [-0.25, -0.2) is 4.39 Å². The van der Waals surface area contributed by atoms with Gasteiger partial charge in [-0.1, -0.05) is 5.16 Å². The van der Waals surface area contributed by atoms with Crippen molar-refractivity contribution in [2.24, 2.45) is 5.73 Å². The van der Waals surface area contributed by atoms with Crippen LogP contribution in [0.1, 0.15) is 18.4 Å². The van der Waals surface area contributed by atoms with Crippen molar-refractivity contribution in [3.8, 4) is 11.4 Å². The van der Waals surface area contributed by atoms with Crippen molar-refractivity contribution in [2.75, 3.05) is 6.54 Å². The fourth-order valence-electron chi connectivity index (χ4n) is 1.43. The van der Waals surface area contributed by atoms with Crippen LogP contribution in [0.3, 0.4) is 0 Å². The average Bonchev–Trinajstić information content (AvgIpc) is 2.78. The van der Waals surface area contributed by atoms with E-state index >= 15 is 0 Å². The Morgan fingerprint density at radius 2 is 2.28 bits per heavy atom. The number of rotatable bonds is 4. The molecule has 5 nitrogen and oxygen atoms in total. The molecule has 1 aromatic carbocycles. The lowest BCUT2D eigenvalue weighted by molar-refractivity contribution is 0.127. The smallest absolute Gasteiger partial charge is 0.255 e. The number of aliphatic hydroxyl groups is 1. The van der Waals surface area contributed by atoms with E-state index in [0.29, 0.717) is 23.0 Å². The number of aromatic nitrogens is 2. The first-order valence-electron chi connectivity index (χ1n) is 5.29. The molecule has 1 atom stereocenters. The van der Waals surface area contributed by atoms with Crippen LogP contribution in [0.25, 0.3) is 11.4 Å². The molecule has 0 spiro atoms. The van der Waals surface area contributed by atoms with Gasteiger partial charge < -0.3 is 15.4 Å². The molecule has 0 aliphatic heterocycles. The highest BCUT2D eigenvalue weighted by Crippen LogP contribution is 2.27. The molecular weight excluding hydrogens is 305 g/mol. The molecule has 0 fully saturated rings. The third kappa shape index (κ3) is 2.74. The van der Waals surface area contributed by atoms with Crippen LogP contribution in [0, 0.1) is 5.82 Å². The Kier molecular flexibility index (Phi) is 4.05. The first kappa shape index (κ1) is 13.1. The molecule has 2 aromatic rings. The van der Waals surface area contributed by atoms with Gasteiger partial charge in [-0.2, -0.15) is 4.98 Å². The number of halogens is 2. The van der Waals surface area contributed by atoms with Gasteiger partial charge in [-0.3, -0.25) is 0 Å². The quantitative estimate of drug-likeness (QED) is 0.901. The van der Waals surface area contributed by atoms with Crippen LogP contribution in [0.2, 0.25) is 0 Å². The van der Waals surface area contributed by atoms with Gasteiger partial charge in [0.2, 0.25) is 5.82 Å². The maximum Gasteiger partial charge on any atom is 0.255 e. The van der Waals surface area contributed by atoms with Crippen LogP contribution in [-0.4, -0.2) is 21.8 Å². The predicted octanol–water partition coefficient (Wildman–Crippen LogP) is 2.02. The highest BCUT2D eigenvalue weighted by molar-refractivity contribution is 9.10. The van der Waals surface area contributed by atoms with Crippen LogP contribution in [0.5, 0.6) is 0 Å². The Morgan fingerprint density at radius 3 is 2.94 bits per heavy atom. The summed E-state index contributed by atoms with van der Waals surface area (Å²) in [6.45, 7) is 0.319. The number of nitrogens with zero attached hydrogens (tertiary/aromatic N) is 2. The standard InChI is InChI=1S/C11H11BrFN3O2/c12-8-5-6(13)1-2-7(8)10-15-11(18-16-10)9(17)3-4-14/h1-2,5,9,17H,3-4,14H2. The average molecular weight is 316 g/mol. The largest absolute Gasteiger partial charge is 0.383 e. The Balaban J connectivity index is 2.29. The lowest BCUT2D eigenvalue weighted by Crippen LogP contribution is -2.06. The maximum atomic E-state index is 12.9. The third-order valence-corrected chi connectivity index (χ3v) is 3.00. The summed E-state index contributed by atoms with van der Waals surface area (Å²) in [5, 5.41) is 13.4. The van der Waals surface area contributed by atoms with E-state index in [2.05, 4.69) is 26.1 Å². The second kappa shape index (κ2) is 5.55. The third-order valence-electron chi connectivity index (χ3n) is 2.34. The number of benzene rings is 1. The molecule has 96 valence electrons. The summed E-state index contributed by atoms with van der Waals surface area (Å²) in [6.07, 6.45) is -0.540. The van der Waals surface area contributed by atoms with Gasteiger partial charge >= 0.3 is 0 Å². The summed E-state index contributed by atoms with van der Waals surface area (Å²) in [6, 6.07) is 4.14. The van der Waals surface area contributed by atoms with Crippen molar-refractivity contribution in [2.45, 2.75) is 12.5 Å². The second-order valence-corrected chi connectivity index (χ2v) is 4.53. The molecule has 0 saturated carbocycles. The van der Waals surface area contributed by atoms with Gasteiger partial charge in [-0.05, 0) is 47.1 Å². The van der Waals surface area contributed by atoms with Gasteiger partial charge in [-0.15, -0.1) is 0 Å². The van der Waals surface area contributed by atoms with Crippen molar-refractivity contribution in [1.82, 2.24) is 10.1 Å². The molecule has 18 heavy (non-hydrogen) atoms.